The lowest BCUT2D eigenvalue weighted by Gasteiger charge is -2.16. The molecule has 0 aliphatic heterocycles. The van der Waals surface area contributed by atoms with Crippen LogP contribution in [0.3, 0.4) is 0 Å². The Morgan fingerprint density at radius 3 is 2.00 bits per heavy atom. The van der Waals surface area contributed by atoms with Crippen LogP contribution in [-0.4, -0.2) is 4.98 Å². The summed E-state index contributed by atoms with van der Waals surface area (Å²) < 4.78 is 5.72. The number of oxazole rings is 1. The summed E-state index contributed by atoms with van der Waals surface area (Å²) in [5.41, 5.74) is 0.502. The lowest BCUT2D eigenvalue weighted by molar-refractivity contribution is 0.321. The van der Waals surface area contributed by atoms with E-state index in [0.717, 1.165) is 24.5 Å². The lowest BCUT2D eigenvalue weighted by atomic mass is 9.91. The number of aromatic nitrogens is 1. The van der Waals surface area contributed by atoms with Crippen LogP contribution in [0.1, 0.15) is 53.2 Å². The van der Waals surface area contributed by atoms with Crippen LogP contribution in [0.5, 0.6) is 0 Å². The molecule has 1 heterocycles. The van der Waals surface area contributed by atoms with E-state index in [9.17, 15) is 0 Å². The Hall–Kier alpha value is -0.790. The SMILES string of the molecule is CC(C)(C)Cc1cnc(CC(C)(C)C)o1. The Morgan fingerprint density at radius 1 is 1.00 bits per heavy atom. The third-order valence-electron chi connectivity index (χ3n) is 1.99. The third-order valence-corrected chi connectivity index (χ3v) is 1.99. The van der Waals surface area contributed by atoms with Gasteiger partial charge in [0.1, 0.15) is 5.76 Å². The molecular weight excluding hydrogens is 186 g/mol. The van der Waals surface area contributed by atoms with Crippen molar-refractivity contribution in [1.29, 1.82) is 0 Å². The number of hydrogen-bond acceptors (Lipinski definition) is 2. The van der Waals surface area contributed by atoms with Crippen molar-refractivity contribution in [3.05, 3.63) is 17.8 Å². The third kappa shape index (κ3) is 5.01. The summed E-state index contributed by atoms with van der Waals surface area (Å²) in [5.74, 6) is 1.86. The van der Waals surface area contributed by atoms with Gasteiger partial charge < -0.3 is 4.42 Å². The van der Waals surface area contributed by atoms with E-state index in [1.165, 1.54) is 0 Å². The van der Waals surface area contributed by atoms with E-state index < -0.39 is 0 Å². The van der Waals surface area contributed by atoms with Gasteiger partial charge >= 0.3 is 0 Å². The van der Waals surface area contributed by atoms with Crippen molar-refractivity contribution in [3.63, 3.8) is 0 Å². The minimum absolute atomic E-state index is 0.240. The van der Waals surface area contributed by atoms with E-state index in [0.29, 0.717) is 0 Å². The molecule has 15 heavy (non-hydrogen) atoms. The molecule has 0 aromatic carbocycles. The smallest absolute Gasteiger partial charge is 0.194 e. The molecule has 0 aliphatic rings. The van der Waals surface area contributed by atoms with Crippen LogP contribution >= 0.6 is 0 Å². The molecule has 0 atom stereocenters. The van der Waals surface area contributed by atoms with Crippen molar-refractivity contribution in [2.75, 3.05) is 0 Å². The molecule has 0 saturated heterocycles. The van der Waals surface area contributed by atoms with Gasteiger partial charge in [-0.3, -0.25) is 0 Å². The highest BCUT2D eigenvalue weighted by Gasteiger charge is 2.18. The van der Waals surface area contributed by atoms with E-state index in [-0.39, 0.29) is 10.8 Å². The normalized spacial score (nSPS) is 13.2. The molecule has 2 heteroatoms. The Labute approximate surface area is 93.1 Å². The largest absolute Gasteiger partial charge is 0.446 e. The fraction of sp³-hybridized carbons (Fsp3) is 0.769. The molecule has 2 nitrogen and oxygen atoms in total. The average molecular weight is 209 g/mol. The molecule has 0 radical (unpaired) electrons. The summed E-state index contributed by atoms with van der Waals surface area (Å²) in [6, 6.07) is 0. The number of hydrogen-bond donors (Lipinski definition) is 0. The van der Waals surface area contributed by atoms with Crippen molar-refractivity contribution >= 4 is 0 Å². The first-order valence-corrected chi connectivity index (χ1v) is 5.59. The van der Waals surface area contributed by atoms with E-state index in [4.69, 9.17) is 4.42 Å². The van der Waals surface area contributed by atoms with Crippen LogP contribution < -0.4 is 0 Å². The van der Waals surface area contributed by atoms with Crippen molar-refractivity contribution in [3.8, 4) is 0 Å². The summed E-state index contributed by atoms with van der Waals surface area (Å²) in [7, 11) is 0. The molecule has 0 fully saturated rings. The van der Waals surface area contributed by atoms with E-state index >= 15 is 0 Å². The minimum Gasteiger partial charge on any atom is -0.446 e. The highest BCUT2D eigenvalue weighted by Crippen LogP contribution is 2.24. The fourth-order valence-electron chi connectivity index (χ4n) is 1.49. The van der Waals surface area contributed by atoms with E-state index in [2.05, 4.69) is 46.5 Å². The topological polar surface area (TPSA) is 26.0 Å². The van der Waals surface area contributed by atoms with Gasteiger partial charge in [-0.15, -0.1) is 0 Å². The zero-order chi connectivity index (χ0) is 11.7. The van der Waals surface area contributed by atoms with Crippen molar-refractivity contribution in [2.45, 2.75) is 54.4 Å². The molecule has 86 valence electrons. The van der Waals surface area contributed by atoms with Gasteiger partial charge in [0.2, 0.25) is 0 Å². The van der Waals surface area contributed by atoms with E-state index in [1.807, 2.05) is 6.20 Å². The lowest BCUT2D eigenvalue weighted by Crippen LogP contribution is -2.09. The standard InChI is InChI=1S/C13H23NO/c1-12(2,3)7-10-9-14-11(15-10)8-13(4,5)6/h9H,7-8H2,1-6H3. The first-order valence-electron chi connectivity index (χ1n) is 5.59. The van der Waals surface area contributed by atoms with Gasteiger partial charge in [0.25, 0.3) is 0 Å². The molecule has 0 bridgehead atoms. The van der Waals surface area contributed by atoms with Gasteiger partial charge in [-0.1, -0.05) is 41.5 Å². The highest BCUT2D eigenvalue weighted by molar-refractivity contribution is 4.98. The van der Waals surface area contributed by atoms with Crippen LogP contribution in [0.25, 0.3) is 0 Å². The van der Waals surface area contributed by atoms with Gasteiger partial charge in [0.15, 0.2) is 5.89 Å². The molecule has 0 unspecified atom stereocenters. The molecule has 1 rings (SSSR count). The highest BCUT2D eigenvalue weighted by atomic mass is 16.4. The number of nitrogens with zero attached hydrogens (tertiary/aromatic N) is 1. The molecule has 0 amide bonds. The maximum absolute atomic E-state index is 5.72. The molecule has 0 N–H and O–H groups in total. The second-order valence-electron chi connectivity index (χ2n) is 6.70. The first kappa shape index (κ1) is 12.3. The molecule has 1 aromatic heterocycles. The summed E-state index contributed by atoms with van der Waals surface area (Å²) in [4.78, 5) is 4.32. The number of rotatable bonds is 2. The molecule has 0 aliphatic carbocycles. The Balaban J connectivity index is 2.65. The Kier molecular flexibility index (Phi) is 3.27. The van der Waals surface area contributed by atoms with Crippen LogP contribution in [0.4, 0.5) is 0 Å². The minimum atomic E-state index is 0.240. The zero-order valence-electron chi connectivity index (χ0n) is 10.8. The summed E-state index contributed by atoms with van der Waals surface area (Å²) in [5, 5.41) is 0. The van der Waals surface area contributed by atoms with Crippen molar-refractivity contribution < 1.29 is 4.42 Å². The van der Waals surface area contributed by atoms with Gasteiger partial charge in [-0.05, 0) is 10.8 Å². The van der Waals surface area contributed by atoms with Gasteiger partial charge in [0.05, 0.1) is 6.20 Å². The van der Waals surface area contributed by atoms with Crippen molar-refractivity contribution in [2.24, 2.45) is 10.8 Å². The maximum Gasteiger partial charge on any atom is 0.194 e. The summed E-state index contributed by atoms with van der Waals surface area (Å²) in [6.07, 6.45) is 3.72. The van der Waals surface area contributed by atoms with Crippen molar-refractivity contribution in [1.82, 2.24) is 4.98 Å². The van der Waals surface area contributed by atoms with Gasteiger partial charge in [0, 0.05) is 12.8 Å². The van der Waals surface area contributed by atoms with Crippen LogP contribution in [-0.2, 0) is 12.8 Å². The predicted octanol–water partition coefficient (Wildman–Crippen LogP) is 3.85. The Bertz CT molecular complexity index is 282. The van der Waals surface area contributed by atoms with Crippen LogP contribution in [0.15, 0.2) is 10.6 Å². The monoisotopic (exact) mass is 209 g/mol. The average Bonchev–Trinajstić information content (AvgIpc) is 2.28. The van der Waals surface area contributed by atoms with Crippen LogP contribution in [0, 0.1) is 10.8 Å². The molecule has 0 saturated carbocycles. The molecular formula is C13H23NO. The second kappa shape index (κ2) is 3.99. The zero-order valence-corrected chi connectivity index (χ0v) is 10.8. The summed E-state index contributed by atoms with van der Waals surface area (Å²) in [6.45, 7) is 13.2. The first-order chi connectivity index (χ1) is 6.66. The van der Waals surface area contributed by atoms with Gasteiger partial charge in [-0.2, -0.15) is 0 Å². The molecule has 1 aromatic rings. The van der Waals surface area contributed by atoms with Gasteiger partial charge in [-0.25, -0.2) is 4.98 Å². The molecule has 0 spiro atoms. The quantitative estimate of drug-likeness (QED) is 0.739. The van der Waals surface area contributed by atoms with E-state index in [1.54, 1.807) is 0 Å². The fourth-order valence-corrected chi connectivity index (χ4v) is 1.49. The van der Waals surface area contributed by atoms with Crippen LogP contribution in [0.2, 0.25) is 0 Å². The maximum atomic E-state index is 5.72. The second-order valence-corrected chi connectivity index (χ2v) is 6.70. The Morgan fingerprint density at radius 2 is 1.53 bits per heavy atom. The summed E-state index contributed by atoms with van der Waals surface area (Å²) >= 11 is 0. The predicted molar refractivity (Wildman–Crippen MR) is 62.8 cm³/mol.